The Kier molecular flexibility index (Phi) is 4.83. The van der Waals surface area contributed by atoms with E-state index in [-0.39, 0.29) is 5.91 Å². The third kappa shape index (κ3) is 3.55. The van der Waals surface area contributed by atoms with Crippen molar-refractivity contribution in [2.24, 2.45) is 5.92 Å². The summed E-state index contributed by atoms with van der Waals surface area (Å²) >= 11 is 0. The fourth-order valence-corrected chi connectivity index (χ4v) is 4.03. The second kappa shape index (κ2) is 7.25. The zero-order valence-electron chi connectivity index (χ0n) is 15.9. The number of hydrogen-bond donors (Lipinski definition) is 0. The van der Waals surface area contributed by atoms with E-state index in [1.54, 1.807) is 0 Å². The third-order valence-electron chi connectivity index (χ3n) is 5.60. The number of carbonyl (C=O) groups is 1. The maximum atomic E-state index is 13.1. The van der Waals surface area contributed by atoms with Gasteiger partial charge in [0.15, 0.2) is 0 Å². The molecule has 0 N–H and O–H groups in total. The highest BCUT2D eigenvalue weighted by Gasteiger charge is 2.30. The third-order valence-corrected chi connectivity index (χ3v) is 5.60. The Morgan fingerprint density at radius 2 is 2.15 bits per heavy atom. The molecule has 0 bridgehead atoms. The Morgan fingerprint density at radius 1 is 1.31 bits per heavy atom. The van der Waals surface area contributed by atoms with Crippen LogP contribution in [0, 0.1) is 12.8 Å². The van der Waals surface area contributed by atoms with Gasteiger partial charge in [-0.05, 0) is 44.9 Å². The molecule has 1 unspecified atom stereocenters. The van der Waals surface area contributed by atoms with Crippen molar-refractivity contribution in [2.75, 3.05) is 13.1 Å². The number of nitrogens with zero attached hydrogens (tertiary/aromatic N) is 5. The number of rotatable bonds is 6. The number of likely N-dealkylation sites (tertiary alicyclic amines) is 1. The van der Waals surface area contributed by atoms with Crippen molar-refractivity contribution in [3.8, 4) is 0 Å². The second-order valence-corrected chi connectivity index (χ2v) is 7.86. The van der Waals surface area contributed by atoms with Crippen LogP contribution in [0.2, 0.25) is 0 Å². The normalized spacial score (nSPS) is 20.5. The molecule has 0 radical (unpaired) electrons. The van der Waals surface area contributed by atoms with E-state index in [1.165, 1.54) is 12.8 Å². The molecule has 6 heteroatoms. The molecule has 4 rings (SSSR count). The zero-order valence-corrected chi connectivity index (χ0v) is 15.9. The van der Waals surface area contributed by atoms with Gasteiger partial charge in [0, 0.05) is 50.7 Å². The number of amides is 1. The van der Waals surface area contributed by atoms with Crippen molar-refractivity contribution in [1.29, 1.82) is 0 Å². The molecule has 3 heterocycles. The van der Waals surface area contributed by atoms with E-state index in [0.717, 1.165) is 68.4 Å². The Hall–Kier alpha value is -2.11. The van der Waals surface area contributed by atoms with Crippen LogP contribution in [0.1, 0.15) is 66.8 Å². The highest BCUT2D eigenvalue weighted by molar-refractivity contribution is 5.95. The molecule has 140 valence electrons. The van der Waals surface area contributed by atoms with E-state index in [2.05, 4.69) is 27.8 Å². The summed E-state index contributed by atoms with van der Waals surface area (Å²) < 4.78 is 4.22. The number of aromatic nitrogens is 4. The number of aryl methyl sites for hydroxylation is 2. The molecule has 1 saturated heterocycles. The first kappa shape index (κ1) is 17.3. The summed E-state index contributed by atoms with van der Waals surface area (Å²) in [4.78, 5) is 19.7. The predicted molar refractivity (Wildman–Crippen MR) is 100 cm³/mol. The lowest BCUT2D eigenvalue weighted by Crippen LogP contribution is -2.40. The van der Waals surface area contributed by atoms with Gasteiger partial charge in [-0.1, -0.05) is 6.92 Å². The van der Waals surface area contributed by atoms with Gasteiger partial charge in [0.25, 0.3) is 5.91 Å². The van der Waals surface area contributed by atoms with Crippen LogP contribution in [0.3, 0.4) is 0 Å². The summed E-state index contributed by atoms with van der Waals surface area (Å²) in [5.41, 5.74) is 1.58. The molecular weight excluding hydrogens is 326 g/mol. The summed E-state index contributed by atoms with van der Waals surface area (Å²) in [5.74, 6) is 2.45. The van der Waals surface area contributed by atoms with Gasteiger partial charge >= 0.3 is 0 Å². The molecule has 1 atom stereocenters. The lowest BCUT2D eigenvalue weighted by Gasteiger charge is -2.32. The van der Waals surface area contributed by atoms with Crippen molar-refractivity contribution in [3.05, 3.63) is 35.7 Å². The van der Waals surface area contributed by atoms with Crippen LogP contribution >= 0.6 is 0 Å². The van der Waals surface area contributed by atoms with Gasteiger partial charge in [-0.25, -0.2) is 4.98 Å². The van der Waals surface area contributed by atoms with Gasteiger partial charge < -0.3 is 9.47 Å². The van der Waals surface area contributed by atoms with Crippen molar-refractivity contribution in [1.82, 2.24) is 24.2 Å². The molecule has 2 fully saturated rings. The molecule has 2 aromatic rings. The average molecular weight is 355 g/mol. The standard InChI is InChI=1S/C20H29N5O/c1-3-9-25-14-18(15(2)22-25)20(26)24-10-4-5-17(13-24)19-21-8-11-23(19)12-16-6-7-16/h8,11,14,16-17H,3-7,9-10,12-13H2,1-2H3. The van der Waals surface area contributed by atoms with E-state index >= 15 is 0 Å². The molecule has 26 heavy (non-hydrogen) atoms. The maximum Gasteiger partial charge on any atom is 0.257 e. The first-order chi connectivity index (χ1) is 12.7. The SMILES string of the molecule is CCCn1cc(C(=O)N2CCCC(c3nccn3CC3CC3)C2)c(C)n1. The van der Waals surface area contributed by atoms with Gasteiger partial charge in [0.2, 0.25) is 0 Å². The fraction of sp³-hybridized carbons (Fsp3) is 0.650. The van der Waals surface area contributed by atoms with Crippen LogP contribution in [0.4, 0.5) is 0 Å². The molecule has 6 nitrogen and oxygen atoms in total. The molecule has 1 aliphatic heterocycles. The van der Waals surface area contributed by atoms with Crippen molar-refractivity contribution >= 4 is 5.91 Å². The monoisotopic (exact) mass is 355 g/mol. The van der Waals surface area contributed by atoms with Crippen LogP contribution < -0.4 is 0 Å². The zero-order chi connectivity index (χ0) is 18.1. The first-order valence-corrected chi connectivity index (χ1v) is 10.00. The minimum absolute atomic E-state index is 0.120. The quantitative estimate of drug-likeness (QED) is 0.799. The lowest BCUT2D eigenvalue weighted by molar-refractivity contribution is 0.0702. The van der Waals surface area contributed by atoms with E-state index in [1.807, 2.05) is 28.9 Å². The number of imidazole rings is 1. The molecule has 1 amide bonds. The van der Waals surface area contributed by atoms with Gasteiger partial charge in [0.05, 0.1) is 11.3 Å². The number of hydrogen-bond acceptors (Lipinski definition) is 3. The predicted octanol–water partition coefficient (Wildman–Crippen LogP) is 3.23. The molecule has 1 saturated carbocycles. The maximum absolute atomic E-state index is 13.1. The minimum Gasteiger partial charge on any atom is -0.338 e. The van der Waals surface area contributed by atoms with E-state index in [4.69, 9.17) is 0 Å². The van der Waals surface area contributed by atoms with Gasteiger partial charge in [-0.3, -0.25) is 9.48 Å². The van der Waals surface area contributed by atoms with Crippen LogP contribution in [0.5, 0.6) is 0 Å². The van der Waals surface area contributed by atoms with E-state index in [9.17, 15) is 4.79 Å². The minimum atomic E-state index is 0.120. The highest BCUT2D eigenvalue weighted by Crippen LogP contribution is 2.33. The summed E-state index contributed by atoms with van der Waals surface area (Å²) in [6.07, 6.45) is 11.8. The molecular formula is C20H29N5O. The van der Waals surface area contributed by atoms with Gasteiger partial charge in [-0.15, -0.1) is 0 Å². The van der Waals surface area contributed by atoms with E-state index < -0.39 is 0 Å². The lowest BCUT2D eigenvalue weighted by atomic mass is 9.96. The average Bonchev–Trinajstić information content (AvgIpc) is 3.20. The van der Waals surface area contributed by atoms with Crippen molar-refractivity contribution < 1.29 is 4.79 Å². The fourth-order valence-electron chi connectivity index (χ4n) is 4.03. The number of carbonyl (C=O) groups excluding carboxylic acids is 1. The van der Waals surface area contributed by atoms with Gasteiger partial charge in [0.1, 0.15) is 5.82 Å². The Bertz CT molecular complexity index is 773. The summed E-state index contributed by atoms with van der Waals surface area (Å²) in [6, 6.07) is 0. The largest absolute Gasteiger partial charge is 0.338 e. The molecule has 2 aromatic heterocycles. The first-order valence-electron chi connectivity index (χ1n) is 10.00. The Labute approximate surface area is 155 Å². The summed E-state index contributed by atoms with van der Waals surface area (Å²) in [5, 5.41) is 4.49. The molecule has 1 aliphatic carbocycles. The highest BCUT2D eigenvalue weighted by atomic mass is 16.2. The second-order valence-electron chi connectivity index (χ2n) is 7.86. The number of piperidine rings is 1. The van der Waals surface area contributed by atoms with Crippen LogP contribution in [0.15, 0.2) is 18.6 Å². The van der Waals surface area contributed by atoms with Crippen LogP contribution in [0.25, 0.3) is 0 Å². The smallest absolute Gasteiger partial charge is 0.257 e. The van der Waals surface area contributed by atoms with Gasteiger partial charge in [-0.2, -0.15) is 5.10 Å². The summed E-state index contributed by atoms with van der Waals surface area (Å²) in [7, 11) is 0. The molecule has 0 spiro atoms. The molecule has 2 aliphatic rings. The van der Waals surface area contributed by atoms with Crippen LogP contribution in [-0.4, -0.2) is 43.2 Å². The summed E-state index contributed by atoms with van der Waals surface area (Å²) in [6.45, 7) is 7.59. The Morgan fingerprint density at radius 3 is 2.92 bits per heavy atom. The van der Waals surface area contributed by atoms with E-state index in [0.29, 0.717) is 5.92 Å². The van der Waals surface area contributed by atoms with Crippen LogP contribution in [-0.2, 0) is 13.1 Å². The molecule has 0 aromatic carbocycles. The van der Waals surface area contributed by atoms with Crippen molar-refractivity contribution in [2.45, 2.75) is 65.0 Å². The topological polar surface area (TPSA) is 56.0 Å². The Balaban J connectivity index is 1.48. The van der Waals surface area contributed by atoms with Crippen molar-refractivity contribution in [3.63, 3.8) is 0 Å².